The highest BCUT2D eigenvalue weighted by atomic mass is 35.5. The van der Waals surface area contributed by atoms with Crippen LogP contribution in [0.1, 0.15) is 24.1 Å². The molecule has 0 amide bonds. The number of hydrogen-bond donors (Lipinski definition) is 1. The van der Waals surface area contributed by atoms with Crippen molar-refractivity contribution in [3.8, 4) is 11.5 Å². The molecule has 0 aliphatic carbocycles. The summed E-state index contributed by atoms with van der Waals surface area (Å²) < 4.78 is 10.6. The molecular weight excluding hydrogens is 261 g/mol. The molecule has 0 radical (unpaired) electrons. The highest BCUT2D eigenvalue weighted by Crippen LogP contribution is 2.34. The third-order valence-corrected chi connectivity index (χ3v) is 2.96. The van der Waals surface area contributed by atoms with Crippen LogP contribution >= 0.6 is 24.8 Å². The quantitative estimate of drug-likeness (QED) is 0.903. The number of fused-ring (bicyclic) bond motifs is 1. The van der Waals surface area contributed by atoms with Crippen molar-refractivity contribution >= 4 is 24.8 Å². The average Bonchev–Trinajstić information content (AvgIpc) is 2.28. The number of benzene rings is 1. The lowest BCUT2D eigenvalue weighted by atomic mass is 9.94. The van der Waals surface area contributed by atoms with Crippen LogP contribution in [0.2, 0.25) is 0 Å². The van der Waals surface area contributed by atoms with Crippen LogP contribution in [-0.4, -0.2) is 20.8 Å². The van der Waals surface area contributed by atoms with E-state index in [2.05, 4.69) is 24.4 Å². The molecule has 0 fully saturated rings. The first kappa shape index (κ1) is 16.4. The Hall–Kier alpha value is -0.640. The highest BCUT2D eigenvalue weighted by molar-refractivity contribution is 5.85. The van der Waals surface area contributed by atoms with Crippen molar-refractivity contribution in [1.29, 1.82) is 0 Å². The third kappa shape index (κ3) is 3.18. The van der Waals surface area contributed by atoms with E-state index in [-0.39, 0.29) is 24.8 Å². The Morgan fingerprint density at radius 1 is 1.12 bits per heavy atom. The fraction of sp³-hybridized carbons (Fsp3) is 0.500. The lowest BCUT2D eigenvalue weighted by Crippen LogP contribution is -2.27. The molecule has 1 aliphatic rings. The van der Waals surface area contributed by atoms with Gasteiger partial charge in [0, 0.05) is 6.04 Å². The van der Waals surface area contributed by atoms with Crippen LogP contribution < -0.4 is 14.8 Å². The zero-order valence-electron chi connectivity index (χ0n) is 10.3. The van der Waals surface area contributed by atoms with Gasteiger partial charge in [0.1, 0.15) is 0 Å². The Morgan fingerprint density at radius 3 is 2.29 bits per heavy atom. The van der Waals surface area contributed by atoms with Gasteiger partial charge in [-0.05, 0) is 43.1 Å². The Kier molecular flexibility index (Phi) is 6.68. The smallest absolute Gasteiger partial charge is 0.161 e. The van der Waals surface area contributed by atoms with Gasteiger partial charge in [-0.1, -0.05) is 0 Å². The molecule has 98 valence electrons. The molecule has 1 aliphatic heterocycles. The predicted molar refractivity (Wildman–Crippen MR) is 74.2 cm³/mol. The van der Waals surface area contributed by atoms with Crippen LogP contribution in [0, 0.1) is 0 Å². The van der Waals surface area contributed by atoms with Gasteiger partial charge < -0.3 is 14.8 Å². The first-order valence-electron chi connectivity index (χ1n) is 5.24. The summed E-state index contributed by atoms with van der Waals surface area (Å²) in [5.74, 6) is 1.64. The summed E-state index contributed by atoms with van der Waals surface area (Å²) in [5, 5.41) is 3.43. The van der Waals surface area contributed by atoms with E-state index in [1.807, 2.05) is 0 Å². The molecule has 1 aromatic carbocycles. The molecule has 5 heteroatoms. The number of hydrogen-bond acceptors (Lipinski definition) is 3. The summed E-state index contributed by atoms with van der Waals surface area (Å²) in [6.07, 6.45) is 1.06. The van der Waals surface area contributed by atoms with Gasteiger partial charge in [-0.15, -0.1) is 24.8 Å². The van der Waals surface area contributed by atoms with E-state index in [1.54, 1.807) is 14.2 Å². The molecule has 1 unspecified atom stereocenters. The maximum Gasteiger partial charge on any atom is 0.161 e. The Labute approximate surface area is 115 Å². The molecule has 17 heavy (non-hydrogen) atoms. The summed E-state index contributed by atoms with van der Waals surface area (Å²) >= 11 is 0. The lowest BCUT2D eigenvalue weighted by molar-refractivity contribution is 0.352. The van der Waals surface area contributed by atoms with Crippen LogP contribution in [0.15, 0.2) is 12.1 Å². The van der Waals surface area contributed by atoms with E-state index in [0.717, 1.165) is 24.5 Å². The molecular formula is C12H19Cl2NO2. The molecule has 2 rings (SSSR count). The van der Waals surface area contributed by atoms with E-state index >= 15 is 0 Å². The Balaban J connectivity index is 0.00000128. The zero-order valence-corrected chi connectivity index (χ0v) is 11.9. The molecule has 0 bridgehead atoms. The summed E-state index contributed by atoms with van der Waals surface area (Å²) in [6.45, 7) is 3.20. The second-order valence-corrected chi connectivity index (χ2v) is 3.83. The van der Waals surface area contributed by atoms with Crippen LogP contribution in [-0.2, 0) is 6.42 Å². The van der Waals surface area contributed by atoms with Gasteiger partial charge in [0.15, 0.2) is 11.5 Å². The maximum absolute atomic E-state index is 5.30. The summed E-state index contributed by atoms with van der Waals surface area (Å²) in [7, 11) is 3.35. The third-order valence-electron chi connectivity index (χ3n) is 2.96. The van der Waals surface area contributed by atoms with Gasteiger partial charge in [-0.2, -0.15) is 0 Å². The molecule has 0 saturated carbocycles. The average molecular weight is 280 g/mol. The number of halogens is 2. The normalized spacial score (nSPS) is 17.2. The van der Waals surface area contributed by atoms with Crippen molar-refractivity contribution in [1.82, 2.24) is 5.32 Å². The van der Waals surface area contributed by atoms with Crippen LogP contribution in [0.4, 0.5) is 0 Å². The summed E-state index contributed by atoms with van der Waals surface area (Å²) in [4.78, 5) is 0. The van der Waals surface area contributed by atoms with Crippen molar-refractivity contribution in [2.45, 2.75) is 19.4 Å². The minimum Gasteiger partial charge on any atom is -0.493 e. The topological polar surface area (TPSA) is 30.5 Å². The fourth-order valence-electron chi connectivity index (χ4n) is 2.09. The number of methoxy groups -OCH3 is 2. The first-order valence-corrected chi connectivity index (χ1v) is 5.24. The Morgan fingerprint density at radius 2 is 1.71 bits per heavy atom. The van der Waals surface area contributed by atoms with Gasteiger partial charge in [0.05, 0.1) is 14.2 Å². The van der Waals surface area contributed by atoms with Crippen molar-refractivity contribution in [3.05, 3.63) is 23.3 Å². The Bertz CT molecular complexity index is 372. The van der Waals surface area contributed by atoms with Gasteiger partial charge in [-0.25, -0.2) is 0 Å². The summed E-state index contributed by atoms with van der Waals surface area (Å²) in [5.41, 5.74) is 2.68. The summed E-state index contributed by atoms with van der Waals surface area (Å²) in [6, 6.07) is 4.56. The van der Waals surface area contributed by atoms with Crippen LogP contribution in [0.3, 0.4) is 0 Å². The SMILES string of the molecule is COc1cc2c(cc1OC)C(C)NCC2.Cl.Cl. The van der Waals surface area contributed by atoms with Crippen molar-refractivity contribution < 1.29 is 9.47 Å². The second kappa shape index (κ2) is 6.94. The molecule has 3 nitrogen and oxygen atoms in total. The first-order chi connectivity index (χ1) is 7.26. The van der Waals surface area contributed by atoms with Gasteiger partial charge in [0.25, 0.3) is 0 Å². The molecule has 0 spiro atoms. The van der Waals surface area contributed by atoms with Crippen molar-refractivity contribution in [2.75, 3.05) is 20.8 Å². The largest absolute Gasteiger partial charge is 0.493 e. The lowest BCUT2D eigenvalue weighted by Gasteiger charge is -2.25. The van der Waals surface area contributed by atoms with Gasteiger partial charge in [0.2, 0.25) is 0 Å². The molecule has 0 aromatic heterocycles. The van der Waals surface area contributed by atoms with E-state index in [9.17, 15) is 0 Å². The molecule has 0 saturated heterocycles. The number of rotatable bonds is 2. The van der Waals surface area contributed by atoms with E-state index in [0.29, 0.717) is 6.04 Å². The van der Waals surface area contributed by atoms with E-state index in [4.69, 9.17) is 9.47 Å². The molecule has 1 N–H and O–H groups in total. The van der Waals surface area contributed by atoms with Crippen molar-refractivity contribution in [3.63, 3.8) is 0 Å². The van der Waals surface area contributed by atoms with Gasteiger partial charge >= 0.3 is 0 Å². The minimum absolute atomic E-state index is 0. The van der Waals surface area contributed by atoms with Gasteiger partial charge in [-0.3, -0.25) is 0 Å². The fourth-order valence-corrected chi connectivity index (χ4v) is 2.09. The standard InChI is InChI=1S/C12H17NO2.2ClH/c1-8-10-7-12(15-3)11(14-2)6-9(10)4-5-13-8;;/h6-8,13H,4-5H2,1-3H3;2*1H. The van der Waals surface area contributed by atoms with Crippen molar-refractivity contribution in [2.24, 2.45) is 0 Å². The predicted octanol–water partition coefficient (Wildman–Crippen LogP) is 2.75. The molecule has 1 aromatic rings. The van der Waals surface area contributed by atoms with E-state index in [1.165, 1.54) is 11.1 Å². The molecule has 1 heterocycles. The monoisotopic (exact) mass is 279 g/mol. The number of ether oxygens (including phenoxy) is 2. The van der Waals surface area contributed by atoms with E-state index < -0.39 is 0 Å². The second-order valence-electron chi connectivity index (χ2n) is 3.83. The van der Waals surface area contributed by atoms with Crippen LogP contribution in [0.5, 0.6) is 11.5 Å². The molecule has 1 atom stereocenters. The maximum atomic E-state index is 5.30. The highest BCUT2D eigenvalue weighted by Gasteiger charge is 2.18. The van der Waals surface area contributed by atoms with Crippen LogP contribution in [0.25, 0.3) is 0 Å². The minimum atomic E-state index is 0. The number of nitrogens with one attached hydrogen (secondary N) is 1. The zero-order chi connectivity index (χ0) is 10.8.